The van der Waals surface area contributed by atoms with Gasteiger partial charge in [-0.3, -0.25) is 4.79 Å². The number of alkyl halides is 1. The number of piperidine rings is 1. The van der Waals surface area contributed by atoms with Crippen LogP contribution in [0.1, 0.15) is 30.7 Å². The molecule has 0 spiro atoms. The number of halogens is 1. The van der Waals surface area contributed by atoms with Crippen molar-refractivity contribution >= 4 is 28.4 Å². The molecule has 30 heavy (non-hydrogen) atoms. The van der Waals surface area contributed by atoms with Crippen molar-refractivity contribution in [2.24, 2.45) is 5.92 Å². The van der Waals surface area contributed by atoms with Crippen LogP contribution in [-0.4, -0.2) is 54.7 Å². The Bertz CT molecular complexity index is 1010. The second kappa shape index (κ2) is 8.85. The maximum atomic E-state index is 14.5. The topological polar surface area (TPSA) is 57.3 Å². The van der Waals surface area contributed by atoms with Crippen molar-refractivity contribution in [3.63, 3.8) is 0 Å². The van der Waals surface area contributed by atoms with Crippen molar-refractivity contribution in [2.75, 3.05) is 32.0 Å². The van der Waals surface area contributed by atoms with Gasteiger partial charge in [0.15, 0.2) is 0 Å². The zero-order valence-corrected chi connectivity index (χ0v) is 17.2. The van der Waals surface area contributed by atoms with Gasteiger partial charge in [-0.15, -0.1) is 6.42 Å². The van der Waals surface area contributed by atoms with E-state index in [-0.39, 0.29) is 17.9 Å². The van der Waals surface area contributed by atoms with Crippen molar-refractivity contribution in [2.45, 2.75) is 31.5 Å². The highest BCUT2D eigenvalue weighted by Crippen LogP contribution is 2.29. The number of likely N-dealkylation sites (tertiary alicyclic amines) is 1. The first-order valence-electron chi connectivity index (χ1n) is 10.5. The van der Waals surface area contributed by atoms with Crippen molar-refractivity contribution in [1.82, 2.24) is 15.2 Å². The number of hydrogen-bond donors (Lipinski definition) is 2. The van der Waals surface area contributed by atoms with Gasteiger partial charge in [0.05, 0.1) is 11.7 Å². The Morgan fingerprint density at radius 1 is 1.37 bits per heavy atom. The summed E-state index contributed by atoms with van der Waals surface area (Å²) in [5, 5.41) is 8.09. The molecule has 2 atom stereocenters. The summed E-state index contributed by atoms with van der Waals surface area (Å²) in [6.07, 6.45) is 11.2. The normalized spacial score (nSPS) is 22.2. The SMILES string of the molecule is C#Cc1nc(/C=C/CNC(=O)C2CC2)cc2c(N[C@@H]3CCN(C)C[C@@H]3F)cccc12. The maximum Gasteiger partial charge on any atom is 0.223 e. The van der Waals surface area contributed by atoms with E-state index in [0.717, 1.165) is 42.3 Å². The first-order chi connectivity index (χ1) is 14.5. The first kappa shape index (κ1) is 20.4. The number of carbonyl (C=O) groups is 1. The number of terminal acetylenes is 1. The number of anilines is 1. The fourth-order valence-corrected chi connectivity index (χ4v) is 3.87. The molecule has 2 N–H and O–H groups in total. The first-order valence-corrected chi connectivity index (χ1v) is 10.5. The van der Waals surface area contributed by atoms with Gasteiger partial charge in [-0.05, 0) is 50.4 Å². The molecule has 2 fully saturated rings. The number of benzene rings is 1. The average molecular weight is 407 g/mol. The van der Waals surface area contributed by atoms with Crippen LogP contribution in [0.3, 0.4) is 0 Å². The van der Waals surface area contributed by atoms with E-state index in [1.165, 1.54) is 0 Å². The van der Waals surface area contributed by atoms with Gasteiger partial charge in [0.25, 0.3) is 0 Å². The molecule has 2 aromatic rings. The number of amides is 1. The summed E-state index contributed by atoms with van der Waals surface area (Å²) >= 11 is 0. The number of carbonyl (C=O) groups excluding carboxylic acids is 1. The lowest BCUT2D eigenvalue weighted by Gasteiger charge is -2.33. The van der Waals surface area contributed by atoms with Gasteiger partial charge in [-0.25, -0.2) is 9.37 Å². The summed E-state index contributed by atoms with van der Waals surface area (Å²) in [4.78, 5) is 18.3. The number of nitrogens with zero attached hydrogens (tertiary/aromatic N) is 2. The Morgan fingerprint density at radius 2 is 2.20 bits per heavy atom. The minimum Gasteiger partial charge on any atom is -0.379 e. The van der Waals surface area contributed by atoms with E-state index in [4.69, 9.17) is 6.42 Å². The third kappa shape index (κ3) is 4.63. The second-order valence-corrected chi connectivity index (χ2v) is 8.18. The minimum absolute atomic E-state index is 0.112. The lowest BCUT2D eigenvalue weighted by molar-refractivity contribution is -0.122. The number of pyridine rings is 1. The molecule has 5 nitrogen and oxygen atoms in total. The standard InChI is InChI=1S/C24H27FN4O/c1-3-21-18-7-4-8-22(28-23-11-13-29(2)15-20(23)25)19(18)14-17(27-21)6-5-12-26-24(30)16-9-10-16/h1,4-8,14,16,20,23,28H,9-13,15H2,2H3,(H,26,30)/b6-5+/t20-,23+/m0/s1. The third-order valence-electron chi connectivity index (χ3n) is 5.75. The van der Waals surface area contributed by atoms with Crippen molar-refractivity contribution in [1.29, 1.82) is 0 Å². The van der Waals surface area contributed by atoms with Crippen LogP contribution in [0.2, 0.25) is 0 Å². The van der Waals surface area contributed by atoms with Crippen LogP contribution in [-0.2, 0) is 4.79 Å². The van der Waals surface area contributed by atoms with Crippen LogP contribution in [0, 0.1) is 18.3 Å². The molecule has 1 saturated heterocycles. The fraction of sp³-hybridized carbons (Fsp3) is 0.417. The summed E-state index contributed by atoms with van der Waals surface area (Å²) < 4.78 is 14.5. The monoisotopic (exact) mass is 406 g/mol. The summed E-state index contributed by atoms with van der Waals surface area (Å²) in [6.45, 7) is 1.75. The smallest absolute Gasteiger partial charge is 0.223 e. The maximum absolute atomic E-state index is 14.5. The van der Waals surface area contributed by atoms with Gasteiger partial charge in [-0.2, -0.15) is 0 Å². The molecule has 1 aromatic heterocycles. The molecule has 6 heteroatoms. The molecule has 0 radical (unpaired) electrons. The number of hydrogen-bond acceptors (Lipinski definition) is 4. The van der Waals surface area contributed by atoms with Gasteiger partial charge >= 0.3 is 0 Å². The van der Waals surface area contributed by atoms with E-state index in [2.05, 4.69) is 21.5 Å². The van der Waals surface area contributed by atoms with E-state index in [9.17, 15) is 9.18 Å². The average Bonchev–Trinajstić information content (AvgIpc) is 3.58. The molecule has 2 heterocycles. The third-order valence-corrected chi connectivity index (χ3v) is 5.75. The van der Waals surface area contributed by atoms with E-state index in [1.807, 2.05) is 48.4 Å². The molecule has 1 aromatic carbocycles. The predicted molar refractivity (Wildman–Crippen MR) is 119 cm³/mol. The van der Waals surface area contributed by atoms with Gasteiger partial charge in [0.2, 0.25) is 5.91 Å². The number of nitrogens with one attached hydrogen (secondary N) is 2. The Morgan fingerprint density at radius 3 is 2.93 bits per heavy atom. The van der Waals surface area contributed by atoms with Crippen molar-refractivity contribution in [3.05, 3.63) is 41.7 Å². The lowest BCUT2D eigenvalue weighted by atomic mass is 10.0. The van der Waals surface area contributed by atoms with Gasteiger partial charge in [0, 0.05) is 42.0 Å². The molecule has 0 unspecified atom stereocenters. The van der Waals surface area contributed by atoms with Gasteiger partial charge < -0.3 is 15.5 Å². The molecule has 1 saturated carbocycles. The van der Waals surface area contributed by atoms with Crippen LogP contribution in [0.25, 0.3) is 16.8 Å². The van der Waals surface area contributed by atoms with E-state index >= 15 is 0 Å². The molecule has 0 bridgehead atoms. The van der Waals surface area contributed by atoms with Gasteiger partial charge in [-0.1, -0.05) is 18.2 Å². The Labute approximate surface area is 176 Å². The van der Waals surface area contributed by atoms with Crippen LogP contribution in [0.15, 0.2) is 30.3 Å². The lowest BCUT2D eigenvalue weighted by Crippen LogP contribution is -2.46. The second-order valence-electron chi connectivity index (χ2n) is 8.18. The quantitative estimate of drug-likeness (QED) is 0.724. The highest BCUT2D eigenvalue weighted by atomic mass is 19.1. The predicted octanol–water partition coefficient (Wildman–Crippen LogP) is 3.21. The zero-order chi connectivity index (χ0) is 21.1. The summed E-state index contributed by atoms with van der Waals surface area (Å²) in [6, 6.07) is 7.54. The number of fused-ring (bicyclic) bond motifs is 1. The van der Waals surface area contributed by atoms with E-state index in [0.29, 0.717) is 24.5 Å². The largest absolute Gasteiger partial charge is 0.379 e. The molecule has 1 amide bonds. The van der Waals surface area contributed by atoms with Crippen molar-refractivity contribution in [3.8, 4) is 12.3 Å². The van der Waals surface area contributed by atoms with Gasteiger partial charge in [0.1, 0.15) is 11.9 Å². The van der Waals surface area contributed by atoms with Crippen LogP contribution in [0.4, 0.5) is 10.1 Å². The van der Waals surface area contributed by atoms with E-state index < -0.39 is 6.17 Å². The molecule has 4 rings (SSSR count). The van der Waals surface area contributed by atoms with Crippen LogP contribution < -0.4 is 10.6 Å². The zero-order valence-electron chi connectivity index (χ0n) is 17.2. The molecule has 156 valence electrons. The summed E-state index contributed by atoms with van der Waals surface area (Å²) in [5.74, 6) is 2.97. The molecular weight excluding hydrogens is 379 g/mol. The van der Waals surface area contributed by atoms with Crippen molar-refractivity contribution < 1.29 is 9.18 Å². The minimum atomic E-state index is -0.928. The fourth-order valence-electron chi connectivity index (χ4n) is 3.87. The summed E-state index contributed by atoms with van der Waals surface area (Å²) in [7, 11) is 1.94. The van der Waals surface area contributed by atoms with Crippen LogP contribution >= 0.6 is 0 Å². The number of rotatable bonds is 6. The molecule has 2 aliphatic rings. The highest BCUT2D eigenvalue weighted by molar-refractivity contribution is 5.97. The van der Waals surface area contributed by atoms with E-state index in [1.54, 1.807) is 0 Å². The molecular formula is C24H27FN4O. The Hall–Kier alpha value is -2.91. The summed E-state index contributed by atoms with van der Waals surface area (Å²) in [5.41, 5.74) is 2.13. The Kier molecular flexibility index (Phi) is 6.01. The van der Waals surface area contributed by atoms with Crippen LogP contribution in [0.5, 0.6) is 0 Å². The number of aromatic nitrogens is 1. The highest BCUT2D eigenvalue weighted by Gasteiger charge is 2.29. The Balaban J connectivity index is 1.56. The molecule has 1 aliphatic carbocycles. The molecule has 1 aliphatic heterocycles.